The minimum absolute atomic E-state index is 0.185. The molecule has 0 saturated heterocycles. The summed E-state index contributed by atoms with van der Waals surface area (Å²) in [5.41, 5.74) is 9.14. The van der Waals surface area contributed by atoms with E-state index in [9.17, 15) is 0 Å². The molecule has 4 nitrogen and oxygen atoms in total. The number of rotatable bonds is 9. The van der Waals surface area contributed by atoms with Crippen molar-refractivity contribution in [2.24, 2.45) is 29.6 Å². The van der Waals surface area contributed by atoms with Gasteiger partial charge in [-0.25, -0.2) is 15.0 Å². The highest BCUT2D eigenvalue weighted by atomic mass is 15.0. The van der Waals surface area contributed by atoms with Crippen LogP contribution >= 0.6 is 0 Å². The van der Waals surface area contributed by atoms with E-state index in [4.69, 9.17) is 15.0 Å². The van der Waals surface area contributed by atoms with E-state index in [0.29, 0.717) is 29.7 Å². The van der Waals surface area contributed by atoms with Gasteiger partial charge in [-0.2, -0.15) is 0 Å². The van der Waals surface area contributed by atoms with Crippen LogP contribution in [0.2, 0.25) is 0 Å². The maximum absolute atomic E-state index is 5.42. The van der Waals surface area contributed by atoms with Gasteiger partial charge in [0.05, 0.1) is 0 Å². The molecule has 4 heteroatoms. The lowest BCUT2D eigenvalue weighted by Gasteiger charge is -2.40. The summed E-state index contributed by atoms with van der Waals surface area (Å²) in [6, 6.07) is 7.83. The van der Waals surface area contributed by atoms with Crippen LogP contribution in [0.1, 0.15) is 125 Å². The van der Waals surface area contributed by atoms with Gasteiger partial charge in [-0.15, -0.1) is 0 Å². The number of hydrogen-bond donors (Lipinski definition) is 1. The number of aromatic nitrogens is 3. The Hall–Kier alpha value is -4.93. The maximum Gasteiger partial charge on any atom is 0.163 e. The zero-order valence-corrected chi connectivity index (χ0v) is 35.3. The van der Waals surface area contributed by atoms with Crippen LogP contribution in [0.3, 0.4) is 0 Å². The number of nitrogens with zero attached hydrogens (tertiary/aromatic N) is 3. The summed E-state index contributed by atoms with van der Waals surface area (Å²) >= 11 is 0. The summed E-state index contributed by atoms with van der Waals surface area (Å²) in [5, 5.41) is 4.29. The Morgan fingerprint density at radius 3 is 2.18 bits per heavy atom. The first-order valence-electron chi connectivity index (χ1n) is 23.5. The molecule has 0 radical (unpaired) electrons. The molecular formula is C56H62N4. The van der Waals surface area contributed by atoms with Crippen LogP contribution in [0.25, 0.3) is 28.1 Å². The topological polar surface area (TPSA) is 50.7 Å². The van der Waals surface area contributed by atoms with E-state index in [-0.39, 0.29) is 12.0 Å². The molecule has 7 aliphatic carbocycles. The normalized spacial score (nSPS) is 31.1. The van der Waals surface area contributed by atoms with Crippen molar-refractivity contribution in [1.29, 1.82) is 0 Å². The van der Waals surface area contributed by atoms with E-state index in [0.717, 1.165) is 85.9 Å². The first-order valence-corrected chi connectivity index (χ1v) is 23.5. The van der Waals surface area contributed by atoms with Gasteiger partial charge in [0, 0.05) is 41.0 Å². The second-order valence-corrected chi connectivity index (χ2v) is 18.5. The molecule has 1 N–H and O–H groups in total. The summed E-state index contributed by atoms with van der Waals surface area (Å²) in [6.45, 7) is 0. The van der Waals surface area contributed by atoms with Crippen molar-refractivity contribution >= 4 is 16.7 Å². The lowest BCUT2D eigenvalue weighted by Crippen LogP contribution is -2.49. The van der Waals surface area contributed by atoms with Gasteiger partial charge in [-0.05, 0) is 148 Å². The molecule has 10 rings (SSSR count). The Morgan fingerprint density at radius 1 is 0.550 bits per heavy atom. The standard InChI is InChI=1S/C56H62N4/c1-6-16-39(17-7-1)41-26-30-46(31-27-41)54-58-55(47-32-28-42(29-33-47)40-18-8-2-9-19-40)60-56(59-54)48-34-35-49(43-20-10-3-11-21-43)51(38-48)50-36-37-52(44-22-12-4-13-23-44)57-53(50)45-24-14-5-15-25-45/h1,3-6,8,10,12,14-15,18-20,24,26,28,30,32-36,38-39,41-42,44-46,52-53,57H,2,7,9,11,13,16-17,21-23,25,27,29,31,37H2. The monoisotopic (exact) mass is 790 g/mol. The van der Waals surface area contributed by atoms with E-state index < -0.39 is 0 Å². The molecule has 8 unspecified atom stereocenters. The highest BCUT2D eigenvalue weighted by molar-refractivity contribution is 5.85. The lowest BCUT2D eigenvalue weighted by atomic mass is 9.75. The van der Waals surface area contributed by atoms with Crippen LogP contribution in [0.15, 0.2) is 145 Å². The average Bonchev–Trinajstić information content (AvgIpc) is 3.35. The van der Waals surface area contributed by atoms with Crippen LogP contribution < -0.4 is 5.32 Å². The largest absolute Gasteiger partial charge is 0.306 e. The summed E-state index contributed by atoms with van der Waals surface area (Å²) in [7, 11) is 0. The fourth-order valence-corrected chi connectivity index (χ4v) is 11.2. The van der Waals surface area contributed by atoms with Crippen LogP contribution in [0, 0.1) is 29.6 Å². The summed E-state index contributed by atoms with van der Waals surface area (Å²) in [4.78, 5) is 16.1. The maximum atomic E-state index is 5.42. The van der Waals surface area contributed by atoms with Crippen molar-refractivity contribution in [2.45, 2.75) is 114 Å². The van der Waals surface area contributed by atoms with E-state index >= 15 is 0 Å². The average molecular weight is 791 g/mol. The molecule has 60 heavy (non-hydrogen) atoms. The second kappa shape index (κ2) is 18.4. The Balaban J connectivity index is 1.04. The molecule has 306 valence electrons. The molecule has 0 spiro atoms. The number of nitrogens with one attached hydrogen (secondary N) is 1. The van der Waals surface area contributed by atoms with Crippen molar-refractivity contribution in [3.05, 3.63) is 168 Å². The highest BCUT2D eigenvalue weighted by Crippen LogP contribution is 2.42. The van der Waals surface area contributed by atoms with Gasteiger partial charge >= 0.3 is 0 Å². The Bertz CT molecular complexity index is 2300. The molecule has 0 saturated carbocycles. The minimum atomic E-state index is 0.185. The van der Waals surface area contributed by atoms with Crippen molar-refractivity contribution in [2.75, 3.05) is 0 Å². The summed E-state index contributed by atoms with van der Waals surface area (Å²) in [6.07, 6.45) is 64.4. The zero-order chi connectivity index (χ0) is 40.1. The van der Waals surface area contributed by atoms with Gasteiger partial charge in [0.2, 0.25) is 0 Å². The predicted molar refractivity (Wildman–Crippen MR) is 251 cm³/mol. The van der Waals surface area contributed by atoms with Crippen LogP contribution in [0.5, 0.6) is 0 Å². The molecule has 8 aliphatic rings. The predicted octanol–water partition coefficient (Wildman–Crippen LogP) is 13.5. The smallest absolute Gasteiger partial charge is 0.163 e. The SMILES string of the molecule is C1=CCCC(c2ccc(-c3nc(C4=CCC(C5=CCCC=C5)C=C4)nc(C4C=CC(C5CC=CCC5)CC4)n3)cc2C2=CCC(C3CC=CCC3)NC2C2C=CC=CC2)=C1. The molecule has 1 aliphatic heterocycles. The van der Waals surface area contributed by atoms with Gasteiger partial charge < -0.3 is 5.32 Å². The number of benzene rings is 1. The van der Waals surface area contributed by atoms with E-state index in [2.05, 4.69) is 145 Å². The van der Waals surface area contributed by atoms with Crippen molar-refractivity contribution in [3.8, 4) is 11.4 Å². The molecule has 0 fully saturated rings. The Kier molecular flexibility index (Phi) is 12.0. The summed E-state index contributed by atoms with van der Waals surface area (Å²) in [5.74, 6) is 5.57. The third-order valence-electron chi connectivity index (χ3n) is 14.7. The number of hydrogen-bond acceptors (Lipinski definition) is 4. The van der Waals surface area contributed by atoms with Gasteiger partial charge in [-0.1, -0.05) is 134 Å². The summed E-state index contributed by atoms with van der Waals surface area (Å²) < 4.78 is 0. The Labute approximate surface area is 359 Å². The van der Waals surface area contributed by atoms with Crippen molar-refractivity contribution in [1.82, 2.24) is 20.3 Å². The molecule has 1 aromatic carbocycles. The molecule has 2 heterocycles. The first-order chi connectivity index (χ1) is 29.7. The number of allylic oxidation sites excluding steroid dienone is 21. The lowest BCUT2D eigenvalue weighted by molar-refractivity contribution is 0.290. The van der Waals surface area contributed by atoms with E-state index in [1.807, 2.05) is 0 Å². The third kappa shape index (κ3) is 8.64. The van der Waals surface area contributed by atoms with E-state index in [1.165, 1.54) is 72.8 Å². The van der Waals surface area contributed by atoms with Gasteiger partial charge in [-0.3, -0.25) is 0 Å². The third-order valence-corrected chi connectivity index (χ3v) is 14.7. The van der Waals surface area contributed by atoms with Crippen molar-refractivity contribution < 1.29 is 0 Å². The van der Waals surface area contributed by atoms with Gasteiger partial charge in [0.15, 0.2) is 11.6 Å². The Morgan fingerprint density at radius 2 is 1.45 bits per heavy atom. The molecule has 8 atom stereocenters. The molecular weight excluding hydrogens is 729 g/mol. The molecule has 2 aromatic rings. The highest BCUT2D eigenvalue weighted by Gasteiger charge is 2.35. The molecule has 1 aromatic heterocycles. The fraction of sp³-hybridized carbons (Fsp3) is 0.411. The van der Waals surface area contributed by atoms with Gasteiger partial charge in [0.1, 0.15) is 5.82 Å². The minimum Gasteiger partial charge on any atom is -0.306 e. The van der Waals surface area contributed by atoms with Gasteiger partial charge in [0.25, 0.3) is 0 Å². The van der Waals surface area contributed by atoms with Crippen LogP contribution in [-0.4, -0.2) is 27.0 Å². The van der Waals surface area contributed by atoms with E-state index in [1.54, 1.807) is 0 Å². The quantitative estimate of drug-likeness (QED) is 0.257. The van der Waals surface area contributed by atoms with Crippen molar-refractivity contribution in [3.63, 3.8) is 0 Å². The first kappa shape index (κ1) is 39.2. The fourth-order valence-electron chi connectivity index (χ4n) is 11.2. The zero-order valence-electron chi connectivity index (χ0n) is 35.3. The molecule has 0 amide bonds. The second-order valence-electron chi connectivity index (χ2n) is 18.5. The van der Waals surface area contributed by atoms with Crippen LogP contribution in [-0.2, 0) is 0 Å². The molecule has 0 bridgehead atoms. The van der Waals surface area contributed by atoms with Crippen LogP contribution in [0.4, 0.5) is 0 Å².